The maximum Gasteiger partial charge on any atom is 0.375 e. The first-order valence-electron chi connectivity index (χ1n) is 6.32. The number of hydrazone groups is 1. The van der Waals surface area contributed by atoms with Crippen LogP contribution in [0.25, 0.3) is 11.6 Å². The van der Waals surface area contributed by atoms with Gasteiger partial charge in [0, 0.05) is 0 Å². The third-order valence-corrected chi connectivity index (χ3v) is 2.70. The topological polar surface area (TPSA) is 116 Å². The summed E-state index contributed by atoms with van der Waals surface area (Å²) in [7, 11) is 0. The first-order chi connectivity index (χ1) is 10.7. The van der Waals surface area contributed by atoms with Crippen LogP contribution >= 0.6 is 0 Å². The minimum absolute atomic E-state index is 0.244. The highest BCUT2D eigenvalue weighted by Gasteiger charge is 2.13. The maximum absolute atomic E-state index is 10.7. The highest BCUT2D eigenvalue weighted by atomic mass is 16.4. The summed E-state index contributed by atoms with van der Waals surface area (Å²) in [6.45, 7) is 0. The molecule has 8 nitrogen and oxygen atoms in total. The number of carboxylic acids is 1. The molecule has 3 N–H and O–H groups in total. The van der Waals surface area contributed by atoms with Gasteiger partial charge in [-0.05, 0) is 24.3 Å². The molecule has 0 spiro atoms. The highest BCUT2D eigenvalue weighted by Crippen LogP contribution is 2.17. The zero-order chi connectivity index (χ0) is 15.4. The van der Waals surface area contributed by atoms with E-state index >= 15 is 0 Å². The molecule has 0 aliphatic carbocycles. The van der Waals surface area contributed by atoms with E-state index in [9.17, 15) is 4.79 Å². The van der Waals surface area contributed by atoms with E-state index in [0.717, 1.165) is 5.69 Å². The van der Waals surface area contributed by atoms with Gasteiger partial charge in [0.15, 0.2) is 11.6 Å². The van der Waals surface area contributed by atoms with Crippen LogP contribution in [0.3, 0.4) is 0 Å². The maximum atomic E-state index is 10.7. The Labute approximate surface area is 124 Å². The fourth-order valence-electron chi connectivity index (χ4n) is 1.70. The van der Waals surface area contributed by atoms with Gasteiger partial charge in [0.05, 0.1) is 11.9 Å². The quantitative estimate of drug-likeness (QED) is 0.491. The summed E-state index contributed by atoms with van der Waals surface area (Å²) >= 11 is 0. The summed E-state index contributed by atoms with van der Waals surface area (Å²) in [5.41, 5.74) is 3.71. The van der Waals surface area contributed by atoms with Crippen LogP contribution in [0.2, 0.25) is 0 Å². The van der Waals surface area contributed by atoms with Crippen molar-refractivity contribution in [2.75, 3.05) is 5.43 Å². The van der Waals surface area contributed by atoms with Crippen LogP contribution in [0.1, 0.15) is 16.4 Å². The zero-order valence-corrected chi connectivity index (χ0v) is 11.2. The molecule has 0 unspecified atom stereocenters. The number of benzene rings is 1. The van der Waals surface area contributed by atoms with Gasteiger partial charge in [-0.25, -0.2) is 4.79 Å². The first-order valence-corrected chi connectivity index (χ1v) is 6.32. The second kappa shape index (κ2) is 5.92. The van der Waals surface area contributed by atoms with Gasteiger partial charge in [0.2, 0.25) is 0 Å². The van der Waals surface area contributed by atoms with Crippen molar-refractivity contribution in [1.82, 2.24) is 15.2 Å². The molecule has 0 aliphatic heterocycles. The number of carbonyl (C=O) groups is 1. The number of hydrogen-bond acceptors (Lipinski definition) is 6. The number of aromatic amines is 1. The fraction of sp³-hybridized carbons (Fsp3) is 0. The van der Waals surface area contributed by atoms with Gasteiger partial charge in [-0.1, -0.05) is 18.2 Å². The number of nitrogens with zero attached hydrogens (tertiary/aromatic N) is 3. The normalized spacial score (nSPS) is 10.9. The van der Waals surface area contributed by atoms with Crippen molar-refractivity contribution in [3.63, 3.8) is 0 Å². The van der Waals surface area contributed by atoms with Crippen LogP contribution < -0.4 is 5.43 Å². The lowest BCUT2D eigenvalue weighted by atomic mass is 10.3. The Hall–Kier alpha value is -3.42. The molecular weight excluding hydrogens is 286 g/mol. The van der Waals surface area contributed by atoms with Gasteiger partial charge in [0.1, 0.15) is 5.76 Å². The Morgan fingerprint density at radius 3 is 2.82 bits per heavy atom. The molecule has 1 aromatic carbocycles. The molecule has 0 amide bonds. The predicted octanol–water partition coefficient (Wildman–Crippen LogP) is 2.21. The Morgan fingerprint density at radius 2 is 2.09 bits per heavy atom. The molecule has 3 rings (SSSR count). The average Bonchev–Trinajstić information content (AvgIpc) is 3.17. The summed E-state index contributed by atoms with van der Waals surface area (Å²) < 4.78 is 5.48. The minimum Gasteiger partial charge on any atom is -0.475 e. The minimum atomic E-state index is -1.21. The second-order valence-corrected chi connectivity index (χ2v) is 4.25. The number of rotatable bonds is 5. The Kier molecular flexibility index (Phi) is 3.65. The average molecular weight is 297 g/mol. The van der Waals surface area contributed by atoms with Gasteiger partial charge in [-0.15, -0.1) is 5.10 Å². The van der Waals surface area contributed by atoms with Crippen LogP contribution in [0.4, 0.5) is 5.69 Å². The predicted molar refractivity (Wildman–Crippen MR) is 78.7 cm³/mol. The van der Waals surface area contributed by atoms with Crippen LogP contribution in [0.5, 0.6) is 0 Å². The van der Waals surface area contributed by atoms with Gasteiger partial charge < -0.3 is 9.52 Å². The van der Waals surface area contributed by atoms with E-state index in [1.54, 1.807) is 12.1 Å². The van der Waals surface area contributed by atoms with Crippen molar-refractivity contribution in [2.45, 2.75) is 0 Å². The third-order valence-electron chi connectivity index (χ3n) is 2.70. The van der Waals surface area contributed by atoms with Crippen LogP contribution in [0, 0.1) is 0 Å². The largest absolute Gasteiger partial charge is 0.475 e. The van der Waals surface area contributed by atoms with Crippen molar-refractivity contribution in [3.8, 4) is 11.6 Å². The van der Waals surface area contributed by atoms with E-state index in [1.807, 2.05) is 30.3 Å². The van der Waals surface area contributed by atoms with Crippen molar-refractivity contribution in [3.05, 3.63) is 54.0 Å². The lowest BCUT2D eigenvalue weighted by Gasteiger charge is -1.97. The molecule has 22 heavy (non-hydrogen) atoms. The molecule has 0 saturated carbocycles. The Balaban J connectivity index is 1.69. The van der Waals surface area contributed by atoms with Crippen LogP contribution in [-0.4, -0.2) is 32.5 Å². The van der Waals surface area contributed by atoms with E-state index in [-0.39, 0.29) is 11.6 Å². The summed E-state index contributed by atoms with van der Waals surface area (Å²) in [5.74, 6) is -0.406. The lowest BCUT2D eigenvalue weighted by Crippen LogP contribution is -1.98. The van der Waals surface area contributed by atoms with Gasteiger partial charge >= 0.3 is 5.97 Å². The summed E-state index contributed by atoms with van der Waals surface area (Å²) in [6.07, 6.45) is 1.50. The molecule has 0 aliphatic rings. The van der Waals surface area contributed by atoms with Crippen LogP contribution in [0.15, 0.2) is 52.0 Å². The van der Waals surface area contributed by atoms with Crippen molar-refractivity contribution in [2.24, 2.45) is 5.10 Å². The molecule has 0 atom stereocenters. The Morgan fingerprint density at radius 1 is 1.27 bits per heavy atom. The molecule has 3 aromatic rings. The highest BCUT2D eigenvalue weighted by molar-refractivity contribution is 5.83. The smallest absolute Gasteiger partial charge is 0.375 e. The number of anilines is 1. The van der Waals surface area contributed by atoms with Crippen molar-refractivity contribution < 1.29 is 14.3 Å². The van der Waals surface area contributed by atoms with Crippen molar-refractivity contribution >= 4 is 17.9 Å². The standard InChI is InChI=1S/C14H11N5O3/c20-14(21)13-16-12(18-19-13)11-7-6-10(22-11)8-15-17-9-4-2-1-3-5-9/h1-8,17H,(H,20,21)(H,16,18,19). The number of aromatic carboxylic acids is 1. The second-order valence-electron chi connectivity index (χ2n) is 4.25. The van der Waals surface area contributed by atoms with Gasteiger partial charge in [0.25, 0.3) is 5.82 Å². The monoisotopic (exact) mass is 297 g/mol. The molecule has 0 bridgehead atoms. The number of aromatic nitrogens is 3. The number of carboxylic acid groups (broad SMARTS) is 1. The Bertz CT molecular complexity index is 807. The first kappa shape index (κ1) is 13.6. The third kappa shape index (κ3) is 3.01. The van der Waals surface area contributed by atoms with Gasteiger partial charge in [-0.2, -0.15) is 10.1 Å². The van der Waals surface area contributed by atoms with E-state index < -0.39 is 5.97 Å². The summed E-state index contributed by atoms with van der Waals surface area (Å²) in [5, 5.41) is 18.9. The summed E-state index contributed by atoms with van der Waals surface area (Å²) in [6, 6.07) is 12.8. The molecule has 0 radical (unpaired) electrons. The molecule has 2 aromatic heterocycles. The van der Waals surface area contributed by atoms with E-state index in [2.05, 4.69) is 25.7 Å². The lowest BCUT2D eigenvalue weighted by molar-refractivity contribution is 0.0684. The van der Waals surface area contributed by atoms with E-state index in [4.69, 9.17) is 9.52 Å². The molecule has 110 valence electrons. The molecule has 0 fully saturated rings. The molecule has 2 heterocycles. The fourth-order valence-corrected chi connectivity index (χ4v) is 1.70. The number of para-hydroxylation sites is 1. The number of nitrogens with one attached hydrogen (secondary N) is 2. The van der Waals surface area contributed by atoms with Crippen molar-refractivity contribution in [1.29, 1.82) is 0 Å². The molecule has 8 heteroatoms. The van der Waals surface area contributed by atoms with Gasteiger partial charge in [-0.3, -0.25) is 10.5 Å². The van der Waals surface area contributed by atoms with E-state index in [0.29, 0.717) is 11.5 Å². The van der Waals surface area contributed by atoms with E-state index in [1.165, 1.54) is 6.21 Å². The summed E-state index contributed by atoms with van der Waals surface area (Å²) in [4.78, 5) is 14.5. The SMILES string of the molecule is O=C(O)c1n[nH]c(-c2ccc(C=NNc3ccccc3)o2)n1. The van der Waals surface area contributed by atoms with Crippen LogP contribution in [-0.2, 0) is 0 Å². The molecular formula is C14H11N5O3. The number of furan rings is 1. The number of hydrogen-bond donors (Lipinski definition) is 3. The zero-order valence-electron chi connectivity index (χ0n) is 11.2. The number of H-pyrrole nitrogens is 1. The molecule has 0 saturated heterocycles.